The van der Waals surface area contributed by atoms with Crippen molar-refractivity contribution in [1.29, 1.82) is 0 Å². The largest absolute Gasteiger partial charge is 0.429 e. The minimum absolute atomic E-state index is 0.311. The van der Waals surface area contributed by atoms with Gasteiger partial charge in [-0.25, -0.2) is 0 Å². The van der Waals surface area contributed by atoms with Crippen molar-refractivity contribution in [1.82, 2.24) is 4.98 Å². The van der Waals surface area contributed by atoms with E-state index in [0.717, 1.165) is 23.8 Å². The van der Waals surface area contributed by atoms with Gasteiger partial charge in [-0.15, -0.1) is 0 Å². The zero-order valence-electron chi connectivity index (χ0n) is 8.05. The van der Waals surface area contributed by atoms with Gasteiger partial charge >= 0.3 is 0 Å². The molecule has 3 heteroatoms. The van der Waals surface area contributed by atoms with Gasteiger partial charge in [0, 0.05) is 0 Å². The van der Waals surface area contributed by atoms with E-state index < -0.39 is 0 Å². The molecule has 0 spiro atoms. The number of nitrogens with two attached hydrogens (primary N) is 1. The fraction of sp³-hybridized carbons (Fsp3) is 0.700. The molecule has 1 aliphatic rings. The molecular formula is C10H16N2O. The molecule has 1 heterocycles. The van der Waals surface area contributed by atoms with E-state index in [9.17, 15) is 0 Å². The topological polar surface area (TPSA) is 52.0 Å². The Hall–Kier alpha value is -0.990. The van der Waals surface area contributed by atoms with Crippen molar-refractivity contribution in [3.8, 4) is 0 Å². The van der Waals surface area contributed by atoms with Gasteiger partial charge in [-0.3, -0.25) is 0 Å². The van der Waals surface area contributed by atoms with Crippen LogP contribution in [0.25, 0.3) is 0 Å². The van der Waals surface area contributed by atoms with Crippen LogP contribution in [0.3, 0.4) is 0 Å². The molecule has 0 radical (unpaired) electrons. The van der Waals surface area contributed by atoms with E-state index >= 15 is 0 Å². The van der Waals surface area contributed by atoms with Crippen molar-refractivity contribution < 1.29 is 4.42 Å². The molecule has 1 saturated carbocycles. The summed E-state index contributed by atoms with van der Waals surface area (Å²) in [5.74, 6) is 1.70. The number of hydrogen-bond acceptors (Lipinski definition) is 3. The van der Waals surface area contributed by atoms with Crippen molar-refractivity contribution >= 4 is 6.01 Å². The molecule has 0 amide bonds. The van der Waals surface area contributed by atoms with E-state index in [0.29, 0.717) is 6.01 Å². The number of aromatic nitrogens is 1. The standard InChI is InChI=1S/C10H16N2O/c1-7-9(12-10(11)13-7)6-8-4-2-3-5-8/h8H,2-6H2,1H3,(H2,11,12). The second-order valence-corrected chi connectivity index (χ2v) is 3.91. The van der Waals surface area contributed by atoms with E-state index in [4.69, 9.17) is 10.2 Å². The molecule has 0 bridgehead atoms. The first-order valence-electron chi connectivity index (χ1n) is 4.97. The van der Waals surface area contributed by atoms with E-state index in [1.165, 1.54) is 25.7 Å². The molecule has 1 fully saturated rings. The highest BCUT2D eigenvalue weighted by molar-refractivity contribution is 5.19. The number of rotatable bonds is 2. The molecule has 2 rings (SSSR count). The smallest absolute Gasteiger partial charge is 0.292 e. The monoisotopic (exact) mass is 180 g/mol. The van der Waals surface area contributed by atoms with Gasteiger partial charge in [0.05, 0.1) is 5.69 Å². The van der Waals surface area contributed by atoms with Crippen LogP contribution in [-0.2, 0) is 6.42 Å². The first-order valence-corrected chi connectivity index (χ1v) is 4.97. The second kappa shape index (κ2) is 3.40. The molecule has 0 aliphatic heterocycles. The molecule has 0 aromatic carbocycles. The Morgan fingerprint density at radius 1 is 1.46 bits per heavy atom. The fourth-order valence-electron chi connectivity index (χ4n) is 2.13. The zero-order valence-corrected chi connectivity index (χ0v) is 8.05. The Morgan fingerprint density at radius 2 is 2.15 bits per heavy atom. The molecule has 1 aliphatic carbocycles. The van der Waals surface area contributed by atoms with Crippen LogP contribution in [0.4, 0.5) is 6.01 Å². The summed E-state index contributed by atoms with van der Waals surface area (Å²) < 4.78 is 5.19. The van der Waals surface area contributed by atoms with Crippen LogP contribution in [0.15, 0.2) is 4.42 Å². The van der Waals surface area contributed by atoms with Crippen molar-refractivity contribution in [3.05, 3.63) is 11.5 Å². The number of hydrogen-bond donors (Lipinski definition) is 1. The minimum Gasteiger partial charge on any atom is -0.429 e. The zero-order chi connectivity index (χ0) is 9.26. The molecule has 0 unspecified atom stereocenters. The molecule has 0 atom stereocenters. The average molecular weight is 180 g/mol. The summed E-state index contributed by atoms with van der Waals surface area (Å²) in [6.07, 6.45) is 6.47. The van der Waals surface area contributed by atoms with Gasteiger partial charge < -0.3 is 10.2 Å². The number of nitrogen functional groups attached to an aromatic ring is 1. The van der Waals surface area contributed by atoms with Crippen LogP contribution in [-0.4, -0.2) is 4.98 Å². The highest BCUT2D eigenvalue weighted by Gasteiger charge is 2.18. The van der Waals surface area contributed by atoms with Crippen LogP contribution in [0.2, 0.25) is 0 Å². The number of nitrogens with zero attached hydrogens (tertiary/aromatic N) is 1. The van der Waals surface area contributed by atoms with Gasteiger partial charge in [0.1, 0.15) is 5.76 Å². The van der Waals surface area contributed by atoms with E-state index in [-0.39, 0.29) is 0 Å². The minimum atomic E-state index is 0.311. The Bertz CT molecular complexity index is 287. The second-order valence-electron chi connectivity index (χ2n) is 3.91. The summed E-state index contributed by atoms with van der Waals surface area (Å²) in [4.78, 5) is 4.18. The lowest BCUT2D eigenvalue weighted by Crippen LogP contribution is -2.00. The van der Waals surface area contributed by atoms with E-state index in [1.807, 2.05) is 6.92 Å². The number of anilines is 1. The third-order valence-electron chi connectivity index (χ3n) is 2.87. The van der Waals surface area contributed by atoms with E-state index in [1.54, 1.807) is 0 Å². The molecular weight excluding hydrogens is 164 g/mol. The van der Waals surface area contributed by atoms with Gasteiger partial charge in [-0.2, -0.15) is 4.98 Å². The van der Waals surface area contributed by atoms with Crippen LogP contribution in [0, 0.1) is 12.8 Å². The third-order valence-corrected chi connectivity index (χ3v) is 2.87. The number of oxazole rings is 1. The van der Waals surface area contributed by atoms with Crippen LogP contribution < -0.4 is 5.73 Å². The lowest BCUT2D eigenvalue weighted by atomic mass is 10.0. The van der Waals surface area contributed by atoms with Crippen molar-refractivity contribution in [3.63, 3.8) is 0 Å². The lowest BCUT2D eigenvalue weighted by Gasteiger charge is -2.05. The molecule has 1 aromatic rings. The Labute approximate surface area is 78.3 Å². The first-order chi connectivity index (χ1) is 6.25. The predicted molar refractivity (Wildman–Crippen MR) is 51.3 cm³/mol. The predicted octanol–water partition coefficient (Wildman–Crippen LogP) is 2.30. The Kier molecular flexibility index (Phi) is 2.25. The fourth-order valence-corrected chi connectivity index (χ4v) is 2.13. The van der Waals surface area contributed by atoms with Crippen LogP contribution in [0.1, 0.15) is 37.1 Å². The van der Waals surface area contributed by atoms with Crippen LogP contribution in [0.5, 0.6) is 0 Å². The summed E-state index contributed by atoms with van der Waals surface area (Å²) in [7, 11) is 0. The van der Waals surface area contributed by atoms with Gasteiger partial charge in [0.15, 0.2) is 0 Å². The maximum Gasteiger partial charge on any atom is 0.292 e. The molecule has 0 saturated heterocycles. The molecule has 72 valence electrons. The summed E-state index contributed by atoms with van der Waals surface area (Å²) in [6.45, 7) is 1.94. The van der Waals surface area contributed by atoms with Gasteiger partial charge in [0.25, 0.3) is 6.01 Å². The van der Waals surface area contributed by atoms with Gasteiger partial charge in [-0.1, -0.05) is 25.7 Å². The van der Waals surface area contributed by atoms with Crippen molar-refractivity contribution in [2.75, 3.05) is 5.73 Å². The molecule has 3 nitrogen and oxygen atoms in total. The maximum atomic E-state index is 5.48. The molecule has 2 N–H and O–H groups in total. The summed E-state index contributed by atoms with van der Waals surface area (Å²) in [6, 6.07) is 0.311. The molecule has 13 heavy (non-hydrogen) atoms. The van der Waals surface area contributed by atoms with Crippen LogP contribution >= 0.6 is 0 Å². The number of aryl methyl sites for hydroxylation is 1. The van der Waals surface area contributed by atoms with Gasteiger partial charge in [-0.05, 0) is 19.3 Å². The summed E-state index contributed by atoms with van der Waals surface area (Å²) >= 11 is 0. The van der Waals surface area contributed by atoms with Crippen molar-refractivity contribution in [2.24, 2.45) is 5.92 Å². The first kappa shape index (κ1) is 8.60. The summed E-state index contributed by atoms with van der Waals surface area (Å²) in [5, 5.41) is 0. The highest BCUT2D eigenvalue weighted by Crippen LogP contribution is 2.28. The normalized spacial score (nSPS) is 18.2. The third kappa shape index (κ3) is 1.85. The summed E-state index contributed by atoms with van der Waals surface area (Å²) in [5.41, 5.74) is 6.54. The highest BCUT2D eigenvalue weighted by atomic mass is 16.4. The van der Waals surface area contributed by atoms with Crippen molar-refractivity contribution in [2.45, 2.75) is 39.0 Å². The maximum absolute atomic E-state index is 5.48. The Morgan fingerprint density at radius 3 is 2.69 bits per heavy atom. The SMILES string of the molecule is Cc1oc(N)nc1CC1CCCC1. The average Bonchev–Trinajstić information content (AvgIpc) is 2.63. The Balaban J connectivity index is 2.03. The van der Waals surface area contributed by atoms with E-state index in [2.05, 4.69) is 4.98 Å². The molecule has 1 aromatic heterocycles. The van der Waals surface area contributed by atoms with Gasteiger partial charge in [0.2, 0.25) is 0 Å². The quantitative estimate of drug-likeness (QED) is 0.759. The lowest BCUT2D eigenvalue weighted by molar-refractivity contribution is 0.518.